The normalized spacial score (nSPS) is 19.1. The Labute approximate surface area is 96.9 Å². The molecule has 14 heavy (non-hydrogen) atoms. The Bertz CT molecular complexity index is 286. The molecule has 2 N–H and O–H groups in total. The summed E-state index contributed by atoms with van der Waals surface area (Å²) in [5.41, 5.74) is 8.32. The monoisotopic (exact) mass is 237 g/mol. The molecule has 0 aliphatic heterocycles. The molecule has 0 bridgehead atoms. The molecule has 0 radical (unpaired) electrons. The van der Waals surface area contributed by atoms with Gasteiger partial charge in [-0.25, -0.2) is 0 Å². The van der Waals surface area contributed by atoms with Gasteiger partial charge in [-0.15, -0.1) is 24.8 Å². The number of nitrogens with two attached hydrogens (primary N) is 1. The van der Waals surface area contributed by atoms with E-state index in [1.165, 1.54) is 17.7 Å². The number of halogens is 2. The molecular weight excluding hydrogens is 221 g/mol. The number of aryl methyl sites for hydroxylation is 2. The Morgan fingerprint density at radius 2 is 2.29 bits per heavy atom. The molecule has 0 saturated carbocycles. The summed E-state index contributed by atoms with van der Waals surface area (Å²) in [6.07, 6.45) is 5.56. The smallest absolute Gasteiger partial charge is 0.0656 e. The minimum atomic E-state index is 0. The Balaban J connectivity index is 0.000000845. The average molecular weight is 238 g/mol. The van der Waals surface area contributed by atoms with Crippen LogP contribution in [0.3, 0.4) is 0 Å². The summed E-state index contributed by atoms with van der Waals surface area (Å²) in [7, 11) is 1.98. The predicted molar refractivity (Wildman–Crippen MR) is 62.3 cm³/mol. The van der Waals surface area contributed by atoms with E-state index >= 15 is 0 Å². The highest BCUT2D eigenvalue weighted by Gasteiger charge is 2.19. The van der Waals surface area contributed by atoms with Gasteiger partial charge in [0.2, 0.25) is 0 Å². The third-order valence-electron chi connectivity index (χ3n) is 2.62. The maximum atomic E-state index is 5.64. The topological polar surface area (TPSA) is 43.8 Å². The summed E-state index contributed by atoms with van der Waals surface area (Å²) < 4.78 is 1.91. The second-order valence-corrected chi connectivity index (χ2v) is 3.62. The Kier molecular flexibility index (Phi) is 5.49. The first-order chi connectivity index (χ1) is 5.79. The Morgan fingerprint density at radius 3 is 2.93 bits per heavy atom. The van der Waals surface area contributed by atoms with Crippen LogP contribution in [-0.4, -0.2) is 16.3 Å². The van der Waals surface area contributed by atoms with Crippen LogP contribution in [0.2, 0.25) is 0 Å². The third-order valence-corrected chi connectivity index (χ3v) is 2.62. The number of fused-ring (bicyclic) bond motifs is 1. The van der Waals surface area contributed by atoms with E-state index in [-0.39, 0.29) is 24.8 Å². The van der Waals surface area contributed by atoms with E-state index in [1.807, 2.05) is 11.7 Å². The summed E-state index contributed by atoms with van der Waals surface area (Å²) in [5, 5.41) is 4.40. The van der Waals surface area contributed by atoms with Crippen LogP contribution in [0.25, 0.3) is 0 Å². The molecule has 1 atom stereocenters. The van der Waals surface area contributed by atoms with E-state index in [0.717, 1.165) is 19.4 Å². The van der Waals surface area contributed by atoms with E-state index in [9.17, 15) is 0 Å². The van der Waals surface area contributed by atoms with Crippen LogP contribution in [0.5, 0.6) is 0 Å². The highest BCUT2D eigenvalue weighted by molar-refractivity contribution is 5.85. The molecule has 0 amide bonds. The SMILES string of the molecule is Cl.Cl.Cn1cc2c(n1)CCC(CN)C2. The number of hydrogen-bond acceptors (Lipinski definition) is 2. The van der Waals surface area contributed by atoms with Crippen molar-refractivity contribution in [2.24, 2.45) is 18.7 Å². The fourth-order valence-corrected chi connectivity index (χ4v) is 1.92. The lowest BCUT2D eigenvalue weighted by Crippen LogP contribution is -2.21. The van der Waals surface area contributed by atoms with Crippen LogP contribution < -0.4 is 5.73 Å². The zero-order valence-electron chi connectivity index (χ0n) is 8.27. The van der Waals surface area contributed by atoms with Crippen molar-refractivity contribution in [1.82, 2.24) is 9.78 Å². The lowest BCUT2D eigenvalue weighted by atomic mass is 9.88. The van der Waals surface area contributed by atoms with Crippen LogP contribution in [-0.2, 0) is 19.9 Å². The first-order valence-electron chi connectivity index (χ1n) is 4.51. The van der Waals surface area contributed by atoms with Crippen LogP contribution in [0.4, 0.5) is 0 Å². The molecule has 1 aliphatic carbocycles. The van der Waals surface area contributed by atoms with E-state index in [4.69, 9.17) is 5.73 Å². The van der Waals surface area contributed by atoms with Crippen LogP contribution in [0.15, 0.2) is 6.20 Å². The first kappa shape index (κ1) is 13.8. The van der Waals surface area contributed by atoms with Gasteiger partial charge in [0, 0.05) is 13.2 Å². The molecule has 0 spiro atoms. The molecule has 5 heteroatoms. The molecule has 1 unspecified atom stereocenters. The minimum Gasteiger partial charge on any atom is -0.330 e. The molecule has 2 rings (SSSR count). The summed E-state index contributed by atoms with van der Waals surface area (Å²) in [4.78, 5) is 0. The fourth-order valence-electron chi connectivity index (χ4n) is 1.92. The Morgan fingerprint density at radius 1 is 1.57 bits per heavy atom. The van der Waals surface area contributed by atoms with Gasteiger partial charge < -0.3 is 5.73 Å². The van der Waals surface area contributed by atoms with Gasteiger partial charge in [-0.05, 0) is 37.3 Å². The van der Waals surface area contributed by atoms with Crippen molar-refractivity contribution < 1.29 is 0 Å². The van der Waals surface area contributed by atoms with E-state index in [2.05, 4.69) is 11.3 Å². The fraction of sp³-hybridized carbons (Fsp3) is 0.667. The molecule has 0 fully saturated rings. The molecule has 3 nitrogen and oxygen atoms in total. The quantitative estimate of drug-likeness (QED) is 0.802. The van der Waals surface area contributed by atoms with Crippen molar-refractivity contribution >= 4 is 24.8 Å². The minimum absolute atomic E-state index is 0. The van der Waals surface area contributed by atoms with Crippen molar-refractivity contribution in [3.63, 3.8) is 0 Å². The van der Waals surface area contributed by atoms with Crippen molar-refractivity contribution in [3.05, 3.63) is 17.5 Å². The number of nitrogens with zero attached hydrogens (tertiary/aromatic N) is 2. The van der Waals surface area contributed by atoms with Gasteiger partial charge in [0.05, 0.1) is 5.69 Å². The number of hydrogen-bond donors (Lipinski definition) is 1. The number of aromatic nitrogens is 2. The third kappa shape index (κ3) is 2.62. The molecule has 1 aliphatic rings. The standard InChI is InChI=1S/C9H15N3.2ClH/c1-12-6-8-4-7(5-10)2-3-9(8)11-12;;/h6-7H,2-5,10H2,1H3;2*1H. The van der Waals surface area contributed by atoms with Crippen molar-refractivity contribution in [1.29, 1.82) is 0 Å². The van der Waals surface area contributed by atoms with Gasteiger partial charge in [-0.1, -0.05) is 0 Å². The maximum absolute atomic E-state index is 5.64. The van der Waals surface area contributed by atoms with Crippen molar-refractivity contribution in [2.45, 2.75) is 19.3 Å². The molecule has 1 heterocycles. The molecule has 1 aromatic rings. The largest absolute Gasteiger partial charge is 0.330 e. The molecule has 0 aromatic carbocycles. The van der Waals surface area contributed by atoms with Gasteiger partial charge in [0.25, 0.3) is 0 Å². The van der Waals surface area contributed by atoms with E-state index in [0.29, 0.717) is 5.92 Å². The first-order valence-corrected chi connectivity index (χ1v) is 4.51. The zero-order valence-corrected chi connectivity index (χ0v) is 9.90. The van der Waals surface area contributed by atoms with Gasteiger partial charge in [-0.2, -0.15) is 5.10 Å². The van der Waals surface area contributed by atoms with Gasteiger partial charge in [0.15, 0.2) is 0 Å². The highest BCUT2D eigenvalue weighted by atomic mass is 35.5. The Hall–Kier alpha value is -0.250. The van der Waals surface area contributed by atoms with Gasteiger partial charge >= 0.3 is 0 Å². The maximum Gasteiger partial charge on any atom is 0.0656 e. The average Bonchev–Trinajstić information content (AvgIpc) is 2.43. The van der Waals surface area contributed by atoms with Crippen LogP contribution in [0, 0.1) is 5.92 Å². The zero-order chi connectivity index (χ0) is 8.55. The molecular formula is C9H17Cl2N3. The predicted octanol–water partition coefficient (Wildman–Crippen LogP) is 1.33. The van der Waals surface area contributed by atoms with Crippen molar-refractivity contribution in [3.8, 4) is 0 Å². The summed E-state index contributed by atoms with van der Waals surface area (Å²) in [6.45, 7) is 0.814. The van der Waals surface area contributed by atoms with Gasteiger partial charge in [-0.3, -0.25) is 4.68 Å². The van der Waals surface area contributed by atoms with Crippen molar-refractivity contribution in [2.75, 3.05) is 6.54 Å². The summed E-state index contributed by atoms with van der Waals surface area (Å²) in [5.74, 6) is 0.682. The lowest BCUT2D eigenvalue weighted by Gasteiger charge is -2.18. The van der Waals surface area contributed by atoms with Gasteiger partial charge in [0.1, 0.15) is 0 Å². The number of rotatable bonds is 1. The highest BCUT2D eigenvalue weighted by Crippen LogP contribution is 2.23. The van der Waals surface area contributed by atoms with E-state index < -0.39 is 0 Å². The van der Waals surface area contributed by atoms with Crippen LogP contribution in [0.1, 0.15) is 17.7 Å². The lowest BCUT2D eigenvalue weighted by molar-refractivity contribution is 0.466. The van der Waals surface area contributed by atoms with E-state index in [1.54, 1.807) is 0 Å². The second-order valence-electron chi connectivity index (χ2n) is 3.62. The summed E-state index contributed by atoms with van der Waals surface area (Å²) >= 11 is 0. The second kappa shape index (κ2) is 5.59. The molecule has 1 aromatic heterocycles. The molecule has 82 valence electrons. The molecule has 0 saturated heterocycles. The summed E-state index contributed by atoms with van der Waals surface area (Å²) in [6, 6.07) is 0. The van der Waals surface area contributed by atoms with Crippen LogP contribution >= 0.6 is 24.8 Å².